The van der Waals surface area contributed by atoms with Crippen LogP contribution in [0.15, 0.2) is 34.9 Å². The standard InChI is InChI=1S/C23H26F3N5O2/c1-4-31-15(2)12-19(16(31)3)22(32)30-10-8-29(9-11-30)14-20-27-21(28-33-20)17-6-5-7-18(13-17)23(24,25)26/h5-7,12-13H,4,8-11,14H2,1-3H3. The minimum atomic E-state index is -4.43. The van der Waals surface area contributed by atoms with E-state index in [1.165, 1.54) is 12.1 Å². The molecule has 33 heavy (non-hydrogen) atoms. The Morgan fingerprint density at radius 2 is 1.85 bits per heavy atom. The molecule has 1 fully saturated rings. The first kappa shape index (κ1) is 23.0. The molecule has 0 unspecified atom stereocenters. The number of alkyl halides is 3. The van der Waals surface area contributed by atoms with Gasteiger partial charge < -0.3 is 14.0 Å². The highest BCUT2D eigenvalue weighted by molar-refractivity contribution is 5.95. The molecule has 1 aliphatic rings. The van der Waals surface area contributed by atoms with Crippen LogP contribution in [0.1, 0.15) is 40.1 Å². The van der Waals surface area contributed by atoms with Crippen molar-refractivity contribution in [3.63, 3.8) is 0 Å². The van der Waals surface area contributed by atoms with Gasteiger partial charge in [0.25, 0.3) is 5.91 Å². The zero-order chi connectivity index (χ0) is 23.8. The topological polar surface area (TPSA) is 67.4 Å². The van der Waals surface area contributed by atoms with Gasteiger partial charge in [-0.05, 0) is 39.0 Å². The lowest BCUT2D eigenvalue weighted by molar-refractivity contribution is -0.137. The quantitative estimate of drug-likeness (QED) is 0.571. The summed E-state index contributed by atoms with van der Waals surface area (Å²) in [4.78, 5) is 21.2. The summed E-state index contributed by atoms with van der Waals surface area (Å²) >= 11 is 0. The number of nitrogens with zero attached hydrogens (tertiary/aromatic N) is 5. The Kier molecular flexibility index (Phi) is 6.29. The third-order valence-electron chi connectivity index (χ3n) is 6.05. The largest absolute Gasteiger partial charge is 0.416 e. The summed E-state index contributed by atoms with van der Waals surface area (Å²) in [6.45, 7) is 9.65. The van der Waals surface area contributed by atoms with E-state index in [0.717, 1.165) is 35.6 Å². The van der Waals surface area contributed by atoms with Crippen LogP contribution in [0, 0.1) is 13.8 Å². The van der Waals surface area contributed by atoms with E-state index in [-0.39, 0.29) is 17.3 Å². The Labute approximate surface area is 189 Å². The van der Waals surface area contributed by atoms with E-state index in [9.17, 15) is 18.0 Å². The number of carbonyl (C=O) groups excluding carboxylic acids is 1. The van der Waals surface area contributed by atoms with Crippen LogP contribution in [0.2, 0.25) is 0 Å². The second kappa shape index (κ2) is 9.01. The Balaban J connectivity index is 1.37. The van der Waals surface area contributed by atoms with E-state index in [2.05, 4.69) is 26.5 Å². The van der Waals surface area contributed by atoms with Crippen molar-refractivity contribution in [1.29, 1.82) is 0 Å². The Morgan fingerprint density at radius 3 is 2.48 bits per heavy atom. The number of piperazine rings is 1. The molecular weight excluding hydrogens is 435 g/mol. The summed E-state index contributed by atoms with van der Waals surface area (Å²) in [6, 6.07) is 6.80. The van der Waals surface area contributed by atoms with Gasteiger partial charge in [-0.25, -0.2) is 0 Å². The summed E-state index contributed by atoms with van der Waals surface area (Å²) < 4.78 is 46.3. The molecule has 1 aromatic carbocycles. The fourth-order valence-electron chi connectivity index (χ4n) is 4.25. The third kappa shape index (κ3) is 4.80. The number of benzene rings is 1. The van der Waals surface area contributed by atoms with Crippen molar-refractivity contribution >= 4 is 5.91 Å². The second-order valence-electron chi connectivity index (χ2n) is 8.19. The first-order valence-corrected chi connectivity index (χ1v) is 10.9. The average Bonchev–Trinajstić information content (AvgIpc) is 3.37. The predicted molar refractivity (Wildman–Crippen MR) is 115 cm³/mol. The van der Waals surface area contributed by atoms with Crippen LogP contribution in [-0.2, 0) is 19.3 Å². The van der Waals surface area contributed by atoms with Crippen LogP contribution in [0.3, 0.4) is 0 Å². The molecule has 0 N–H and O–H groups in total. The molecule has 1 aliphatic heterocycles. The molecule has 0 saturated carbocycles. The molecule has 0 atom stereocenters. The lowest BCUT2D eigenvalue weighted by Crippen LogP contribution is -2.48. The average molecular weight is 461 g/mol. The van der Waals surface area contributed by atoms with E-state index < -0.39 is 11.7 Å². The van der Waals surface area contributed by atoms with Crippen molar-refractivity contribution in [1.82, 2.24) is 24.5 Å². The van der Waals surface area contributed by atoms with Crippen LogP contribution in [-0.4, -0.2) is 56.6 Å². The van der Waals surface area contributed by atoms with Crippen LogP contribution in [0.5, 0.6) is 0 Å². The normalized spacial score (nSPS) is 15.3. The number of hydrogen-bond donors (Lipinski definition) is 0. The lowest BCUT2D eigenvalue weighted by Gasteiger charge is -2.34. The molecule has 10 heteroatoms. The minimum Gasteiger partial charge on any atom is -0.349 e. The van der Waals surface area contributed by atoms with Gasteiger partial charge in [0.05, 0.1) is 17.7 Å². The second-order valence-corrected chi connectivity index (χ2v) is 8.19. The van der Waals surface area contributed by atoms with Crippen molar-refractivity contribution in [2.75, 3.05) is 26.2 Å². The monoisotopic (exact) mass is 461 g/mol. The maximum absolute atomic E-state index is 13.0. The Morgan fingerprint density at radius 1 is 1.12 bits per heavy atom. The minimum absolute atomic E-state index is 0.0343. The van der Waals surface area contributed by atoms with Gasteiger partial charge in [-0.2, -0.15) is 18.2 Å². The number of aromatic nitrogens is 3. The van der Waals surface area contributed by atoms with Gasteiger partial charge in [0.15, 0.2) is 0 Å². The molecule has 3 aromatic rings. The number of rotatable bonds is 5. The van der Waals surface area contributed by atoms with Crippen LogP contribution in [0.25, 0.3) is 11.4 Å². The van der Waals surface area contributed by atoms with Gasteiger partial charge in [-0.15, -0.1) is 0 Å². The summed E-state index contributed by atoms with van der Waals surface area (Å²) in [7, 11) is 0. The molecule has 0 bridgehead atoms. The fourth-order valence-corrected chi connectivity index (χ4v) is 4.25. The van der Waals surface area contributed by atoms with E-state index in [1.54, 1.807) is 0 Å². The van der Waals surface area contributed by atoms with Gasteiger partial charge in [0.1, 0.15) is 0 Å². The molecule has 2 aromatic heterocycles. The van der Waals surface area contributed by atoms with Crippen molar-refractivity contribution in [3.8, 4) is 11.4 Å². The Hall–Kier alpha value is -3.14. The smallest absolute Gasteiger partial charge is 0.349 e. The number of aryl methyl sites for hydroxylation is 1. The van der Waals surface area contributed by atoms with E-state index in [0.29, 0.717) is 38.6 Å². The first-order valence-electron chi connectivity index (χ1n) is 10.9. The highest BCUT2D eigenvalue weighted by atomic mass is 19.4. The number of amides is 1. The van der Waals surface area contributed by atoms with Crippen LogP contribution >= 0.6 is 0 Å². The van der Waals surface area contributed by atoms with Gasteiger partial charge in [-0.1, -0.05) is 17.3 Å². The fraction of sp³-hybridized carbons (Fsp3) is 0.435. The molecule has 1 amide bonds. The van der Waals surface area contributed by atoms with Crippen molar-refractivity contribution in [2.45, 2.75) is 40.0 Å². The van der Waals surface area contributed by atoms with Crippen LogP contribution < -0.4 is 0 Å². The number of carbonyl (C=O) groups is 1. The van der Waals surface area contributed by atoms with E-state index in [1.807, 2.05) is 24.8 Å². The highest BCUT2D eigenvalue weighted by Gasteiger charge is 2.31. The molecule has 4 rings (SSSR count). The summed E-state index contributed by atoms with van der Waals surface area (Å²) in [5, 5.41) is 3.84. The van der Waals surface area contributed by atoms with E-state index >= 15 is 0 Å². The molecule has 176 valence electrons. The zero-order valence-electron chi connectivity index (χ0n) is 18.8. The number of halogens is 3. The van der Waals surface area contributed by atoms with Gasteiger partial charge >= 0.3 is 6.18 Å². The molecule has 0 aliphatic carbocycles. The Bertz CT molecular complexity index is 1140. The summed E-state index contributed by atoms with van der Waals surface area (Å²) in [6.07, 6.45) is -4.43. The zero-order valence-corrected chi connectivity index (χ0v) is 18.8. The summed E-state index contributed by atoms with van der Waals surface area (Å²) in [5.74, 6) is 0.483. The molecule has 0 radical (unpaired) electrons. The van der Waals surface area contributed by atoms with Gasteiger partial charge in [-0.3, -0.25) is 9.69 Å². The molecule has 3 heterocycles. The number of hydrogen-bond acceptors (Lipinski definition) is 5. The first-order chi connectivity index (χ1) is 15.7. The van der Waals surface area contributed by atoms with E-state index in [4.69, 9.17) is 4.52 Å². The van der Waals surface area contributed by atoms with Gasteiger partial charge in [0.2, 0.25) is 11.7 Å². The summed E-state index contributed by atoms with van der Waals surface area (Å²) in [5.41, 5.74) is 2.29. The SMILES string of the molecule is CCn1c(C)cc(C(=O)N2CCN(Cc3nc(-c4cccc(C(F)(F)F)c4)no3)CC2)c1C. The van der Waals surface area contributed by atoms with Gasteiger partial charge in [0, 0.05) is 49.7 Å². The van der Waals surface area contributed by atoms with Crippen molar-refractivity contribution in [3.05, 3.63) is 58.7 Å². The molecule has 1 saturated heterocycles. The van der Waals surface area contributed by atoms with Crippen molar-refractivity contribution in [2.24, 2.45) is 0 Å². The lowest BCUT2D eigenvalue weighted by atomic mass is 10.1. The molecule has 7 nitrogen and oxygen atoms in total. The molecule has 0 spiro atoms. The molecular formula is C23H26F3N5O2. The van der Waals surface area contributed by atoms with Crippen molar-refractivity contribution < 1.29 is 22.5 Å². The highest BCUT2D eigenvalue weighted by Crippen LogP contribution is 2.31. The third-order valence-corrected chi connectivity index (χ3v) is 6.05. The predicted octanol–water partition coefficient (Wildman–Crippen LogP) is 4.15. The maximum atomic E-state index is 13.0. The van der Waals surface area contributed by atoms with Crippen LogP contribution in [0.4, 0.5) is 13.2 Å². The maximum Gasteiger partial charge on any atom is 0.416 e.